The first kappa shape index (κ1) is 24.5. The minimum absolute atomic E-state index is 0.0912. The van der Waals surface area contributed by atoms with Crippen LogP contribution in [0.4, 0.5) is 5.00 Å². The fourth-order valence-corrected chi connectivity index (χ4v) is 5.73. The smallest absolute Gasteiger partial charge is 0.257 e. The summed E-state index contributed by atoms with van der Waals surface area (Å²) in [7, 11) is 0. The van der Waals surface area contributed by atoms with Crippen LogP contribution < -0.4 is 21.1 Å². The van der Waals surface area contributed by atoms with Crippen molar-refractivity contribution in [2.45, 2.75) is 47.0 Å². The number of halogens is 1. The number of benzene rings is 1. The molecule has 1 aromatic carbocycles. The molecule has 3 rings (SSSR count). The van der Waals surface area contributed by atoms with Crippen LogP contribution in [0.15, 0.2) is 18.2 Å². The normalized spacial score (nSPS) is 15.6. The Bertz CT molecular complexity index is 1060. The lowest BCUT2D eigenvalue weighted by molar-refractivity contribution is 0.0975. The second-order valence-corrected chi connectivity index (χ2v) is 10.8. The summed E-state index contributed by atoms with van der Waals surface area (Å²) in [5.41, 5.74) is 7.69. The fraction of sp³-hybridized carbons (Fsp3) is 0.435. The van der Waals surface area contributed by atoms with Gasteiger partial charge in [0.1, 0.15) is 10.8 Å². The maximum atomic E-state index is 12.6. The summed E-state index contributed by atoms with van der Waals surface area (Å²) in [5, 5.41) is 6.66. The molecular formula is C23H28ClN3O3S2. The molecule has 1 atom stereocenters. The van der Waals surface area contributed by atoms with Crippen LogP contribution in [-0.2, 0) is 12.8 Å². The molecule has 0 unspecified atom stereocenters. The number of hydrogen-bond acceptors (Lipinski definition) is 5. The van der Waals surface area contributed by atoms with Crippen LogP contribution in [0.5, 0.6) is 5.75 Å². The second-order valence-electron chi connectivity index (χ2n) is 8.86. The number of carbonyl (C=O) groups excluding carboxylic acids is 2. The lowest BCUT2D eigenvalue weighted by Gasteiger charge is -2.33. The van der Waals surface area contributed by atoms with Crippen molar-refractivity contribution in [3.63, 3.8) is 0 Å². The van der Waals surface area contributed by atoms with Gasteiger partial charge in [0.2, 0.25) is 0 Å². The second kappa shape index (κ2) is 9.77. The van der Waals surface area contributed by atoms with Crippen molar-refractivity contribution in [2.75, 3.05) is 11.9 Å². The van der Waals surface area contributed by atoms with Gasteiger partial charge in [-0.2, -0.15) is 0 Å². The van der Waals surface area contributed by atoms with Gasteiger partial charge in [-0.05, 0) is 73.5 Å². The number of primary amides is 1. The summed E-state index contributed by atoms with van der Waals surface area (Å²) >= 11 is 13.0. The Hall–Kier alpha value is -2.16. The van der Waals surface area contributed by atoms with Gasteiger partial charge in [-0.15, -0.1) is 11.3 Å². The zero-order valence-corrected chi connectivity index (χ0v) is 21.0. The number of anilines is 1. The highest BCUT2D eigenvalue weighted by molar-refractivity contribution is 7.80. The van der Waals surface area contributed by atoms with Crippen LogP contribution >= 0.6 is 35.2 Å². The van der Waals surface area contributed by atoms with Gasteiger partial charge in [0.05, 0.1) is 17.2 Å². The summed E-state index contributed by atoms with van der Waals surface area (Å²) in [6.07, 6.45) is 2.71. The molecule has 1 aliphatic rings. The van der Waals surface area contributed by atoms with E-state index in [0.717, 1.165) is 29.7 Å². The maximum absolute atomic E-state index is 12.6. The lowest BCUT2D eigenvalue weighted by atomic mass is 9.72. The van der Waals surface area contributed by atoms with E-state index >= 15 is 0 Å². The van der Waals surface area contributed by atoms with Crippen LogP contribution in [0, 0.1) is 11.3 Å². The molecule has 9 heteroatoms. The van der Waals surface area contributed by atoms with Gasteiger partial charge >= 0.3 is 0 Å². The molecule has 1 aromatic heterocycles. The van der Waals surface area contributed by atoms with Crippen LogP contribution in [-0.4, -0.2) is 23.5 Å². The highest BCUT2D eigenvalue weighted by Crippen LogP contribution is 2.44. The SMILES string of the molecule is CCOc1ccc(C(=O)NC(=S)Nc2sc3c(c2C(N)=O)CC[C@H](C(C)(C)C)C3)cc1Cl. The van der Waals surface area contributed by atoms with Gasteiger partial charge in [0, 0.05) is 10.4 Å². The number of hydrogen-bond donors (Lipinski definition) is 3. The van der Waals surface area contributed by atoms with E-state index in [2.05, 4.69) is 31.4 Å². The largest absolute Gasteiger partial charge is 0.492 e. The standard InChI is InChI=1S/C23H28ClN3O3S2/c1-5-30-16-9-6-12(10-15(16)24)20(29)26-22(31)27-21-18(19(25)28)14-8-7-13(23(2,3)4)11-17(14)32-21/h6,9-10,13H,5,7-8,11H2,1-4H3,(H2,25,28)(H2,26,27,29,31)/t13-/m0/s1. The van der Waals surface area contributed by atoms with E-state index < -0.39 is 11.8 Å². The van der Waals surface area contributed by atoms with Gasteiger partial charge in [-0.3, -0.25) is 14.9 Å². The molecule has 4 N–H and O–H groups in total. The number of rotatable bonds is 5. The quantitative estimate of drug-likeness (QED) is 0.499. The van der Waals surface area contributed by atoms with E-state index in [4.69, 9.17) is 34.3 Å². The minimum atomic E-state index is -0.494. The molecule has 0 aliphatic heterocycles. The number of nitrogens with two attached hydrogens (primary N) is 1. The molecule has 0 radical (unpaired) electrons. The molecule has 0 fully saturated rings. The van der Waals surface area contributed by atoms with Crippen molar-refractivity contribution >= 4 is 57.1 Å². The first-order valence-corrected chi connectivity index (χ1v) is 12.1. The summed E-state index contributed by atoms with van der Waals surface area (Å²) < 4.78 is 5.39. The summed E-state index contributed by atoms with van der Waals surface area (Å²) in [6, 6.07) is 4.78. The number of thiophene rings is 1. The van der Waals surface area contributed by atoms with Gasteiger partial charge in [0.15, 0.2) is 5.11 Å². The van der Waals surface area contributed by atoms with Crippen molar-refractivity contribution in [2.24, 2.45) is 17.1 Å². The predicted molar refractivity (Wildman–Crippen MR) is 134 cm³/mol. The molecule has 0 spiro atoms. The molecule has 2 aromatic rings. The number of nitrogens with one attached hydrogen (secondary N) is 2. The Morgan fingerprint density at radius 3 is 2.66 bits per heavy atom. The Kier molecular flexibility index (Phi) is 7.47. The Labute approximate surface area is 202 Å². The van der Waals surface area contributed by atoms with E-state index in [-0.39, 0.29) is 10.5 Å². The lowest BCUT2D eigenvalue weighted by Crippen LogP contribution is -2.34. The fourth-order valence-electron chi connectivity index (χ4n) is 3.90. The van der Waals surface area contributed by atoms with Crippen molar-refractivity contribution < 1.29 is 14.3 Å². The average molecular weight is 494 g/mol. The van der Waals surface area contributed by atoms with Crippen molar-refractivity contribution in [1.82, 2.24) is 5.32 Å². The molecule has 2 amide bonds. The zero-order valence-electron chi connectivity index (χ0n) is 18.6. The minimum Gasteiger partial charge on any atom is -0.492 e. The van der Waals surface area contributed by atoms with Crippen molar-refractivity contribution in [3.8, 4) is 5.75 Å². The first-order chi connectivity index (χ1) is 15.0. The predicted octanol–water partition coefficient (Wildman–Crippen LogP) is 5.18. The molecule has 6 nitrogen and oxygen atoms in total. The molecule has 172 valence electrons. The summed E-state index contributed by atoms with van der Waals surface area (Å²) in [4.78, 5) is 26.0. The Balaban J connectivity index is 1.75. The average Bonchev–Trinajstić information content (AvgIpc) is 3.05. The van der Waals surface area contributed by atoms with E-state index in [1.807, 2.05) is 6.92 Å². The monoisotopic (exact) mass is 493 g/mol. The van der Waals surface area contributed by atoms with E-state index in [1.54, 1.807) is 12.1 Å². The topological polar surface area (TPSA) is 93.4 Å². The highest BCUT2D eigenvalue weighted by atomic mass is 35.5. The molecule has 0 saturated heterocycles. The third-order valence-electron chi connectivity index (χ3n) is 5.68. The van der Waals surface area contributed by atoms with E-state index in [9.17, 15) is 9.59 Å². The maximum Gasteiger partial charge on any atom is 0.257 e. The summed E-state index contributed by atoms with van der Waals surface area (Å²) in [6.45, 7) is 9.04. The number of fused-ring (bicyclic) bond motifs is 1. The molecule has 0 bridgehead atoms. The molecular weight excluding hydrogens is 466 g/mol. The molecule has 0 saturated carbocycles. The third-order valence-corrected chi connectivity index (χ3v) is 7.35. The summed E-state index contributed by atoms with van der Waals surface area (Å²) in [5.74, 6) is 0.127. The number of amides is 2. The zero-order chi connectivity index (χ0) is 23.6. The third kappa shape index (κ3) is 5.42. The van der Waals surface area contributed by atoms with Crippen molar-refractivity contribution in [3.05, 3.63) is 44.8 Å². The van der Waals surface area contributed by atoms with Crippen LogP contribution in [0.2, 0.25) is 5.02 Å². The van der Waals surface area contributed by atoms with Gasteiger partial charge in [-0.25, -0.2) is 0 Å². The molecule has 32 heavy (non-hydrogen) atoms. The highest BCUT2D eigenvalue weighted by Gasteiger charge is 2.33. The van der Waals surface area contributed by atoms with Gasteiger partial charge in [0.25, 0.3) is 11.8 Å². The molecule has 1 aliphatic carbocycles. The number of carbonyl (C=O) groups is 2. The van der Waals surface area contributed by atoms with E-state index in [1.165, 1.54) is 17.4 Å². The number of ether oxygens (including phenoxy) is 1. The van der Waals surface area contributed by atoms with Crippen LogP contribution in [0.3, 0.4) is 0 Å². The molecule has 1 heterocycles. The van der Waals surface area contributed by atoms with Crippen LogP contribution in [0.25, 0.3) is 0 Å². The Morgan fingerprint density at radius 1 is 1.34 bits per heavy atom. The van der Waals surface area contributed by atoms with Gasteiger partial charge < -0.3 is 15.8 Å². The van der Waals surface area contributed by atoms with Crippen molar-refractivity contribution in [1.29, 1.82) is 0 Å². The Morgan fingerprint density at radius 2 is 2.06 bits per heavy atom. The first-order valence-electron chi connectivity index (χ1n) is 10.5. The van der Waals surface area contributed by atoms with E-state index in [0.29, 0.717) is 39.4 Å². The van der Waals surface area contributed by atoms with Gasteiger partial charge in [-0.1, -0.05) is 32.4 Å². The van der Waals surface area contributed by atoms with Crippen LogP contribution in [0.1, 0.15) is 65.3 Å². The number of thiocarbonyl (C=S) groups is 1.